The summed E-state index contributed by atoms with van der Waals surface area (Å²) in [6.07, 6.45) is -4.69. The molecule has 1 unspecified atom stereocenters. The third-order valence-electron chi connectivity index (χ3n) is 2.81. The van der Waals surface area contributed by atoms with Crippen LogP contribution in [0, 0.1) is 0 Å². The van der Waals surface area contributed by atoms with Crippen molar-refractivity contribution < 1.29 is 27.5 Å². The molecule has 1 atom stereocenters. The van der Waals surface area contributed by atoms with E-state index in [1.165, 1.54) is 0 Å². The third-order valence-corrected chi connectivity index (χ3v) is 2.81. The van der Waals surface area contributed by atoms with Crippen LogP contribution in [0.1, 0.15) is 16.8 Å². The Hall–Kier alpha value is -2.45. The predicted molar refractivity (Wildman–Crippen MR) is 66.4 cm³/mol. The van der Waals surface area contributed by atoms with Gasteiger partial charge in [-0.3, -0.25) is 9.59 Å². The molecule has 21 heavy (non-hydrogen) atoms. The van der Waals surface area contributed by atoms with E-state index in [2.05, 4.69) is 15.4 Å². The molecule has 2 rings (SSSR count). The number of nitrogen functional groups attached to an aromatic ring is 1. The van der Waals surface area contributed by atoms with Gasteiger partial charge in [0.1, 0.15) is 0 Å². The molecule has 9 heteroatoms. The Labute approximate surface area is 117 Å². The summed E-state index contributed by atoms with van der Waals surface area (Å²) in [7, 11) is 0. The van der Waals surface area contributed by atoms with E-state index in [4.69, 9.17) is 5.73 Å². The van der Waals surface area contributed by atoms with Crippen LogP contribution in [-0.2, 0) is 4.79 Å². The quantitative estimate of drug-likeness (QED) is 0.720. The minimum Gasteiger partial charge on any atom is -0.404 e. The number of alkyl halides is 3. The minimum absolute atomic E-state index is 0.0846. The molecule has 0 aliphatic carbocycles. The maximum atomic E-state index is 12.1. The number of carbonyl (C=O) groups excluding carboxylic acids is 2. The maximum absolute atomic E-state index is 12.1. The van der Waals surface area contributed by atoms with E-state index in [0.717, 1.165) is 18.2 Å². The second-order valence-corrected chi connectivity index (χ2v) is 4.48. The largest absolute Gasteiger partial charge is 0.573 e. The van der Waals surface area contributed by atoms with Crippen LogP contribution in [-0.4, -0.2) is 30.8 Å². The van der Waals surface area contributed by atoms with Crippen molar-refractivity contribution in [1.29, 1.82) is 0 Å². The Morgan fingerprint density at radius 2 is 2.14 bits per heavy atom. The van der Waals surface area contributed by atoms with Crippen molar-refractivity contribution in [3.8, 4) is 5.75 Å². The summed E-state index contributed by atoms with van der Waals surface area (Å²) >= 11 is 0. The number of halogens is 3. The van der Waals surface area contributed by atoms with Crippen LogP contribution in [0.25, 0.3) is 0 Å². The van der Waals surface area contributed by atoms with Gasteiger partial charge in [-0.2, -0.15) is 0 Å². The molecule has 2 amide bonds. The first-order chi connectivity index (χ1) is 9.74. The highest BCUT2D eigenvalue weighted by Crippen LogP contribution is 2.28. The monoisotopic (exact) mass is 303 g/mol. The zero-order valence-corrected chi connectivity index (χ0v) is 10.7. The summed E-state index contributed by atoms with van der Waals surface area (Å²) in [4.78, 5) is 22.9. The molecule has 1 heterocycles. The van der Waals surface area contributed by atoms with Crippen molar-refractivity contribution in [2.45, 2.75) is 18.8 Å². The Morgan fingerprint density at radius 1 is 1.43 bits per heavy atom. The van der Waals surface area contributed by atoms with E-state index in [1.807, 2.05) is 0 Å². The van der Waals surface area contributed by atoms with Crippen molar-refractivity contribution in [1.82, 2.24) is 10.6 Å². The second-order valence-electron chi connectivity index (χ2n) is 4.48. The standard InChI is InChI=1S/C12H12F3N3O3/c13-12(14,15)21-9-2-1-6(3-8(9)16)11(20)18-7-4-10(19)17-5-7/h1-3,7H,4-5,16H2,(H,17,19)(H,18,20). The average Bonchev–Trinajstić information content (AvgIpc) is 2.75. The van der Waals surface area contributed by atoms with E-state index < -0.39 is 18.0 Å². The second kappa shape index (κ2) is 5.51. The molecule has 0 bridgehead atoms. The molecule has 114 valence electrons. The number of benzene rings is 1. The Bertz CT molecular complexity index is 575. The van der Waals surface area contributed by atoms with Crippen molar-refractivity contribution >= 4 is 17.5 Å². The van der Waals surface area contributed by atoms with Crippen LogP contribution in [0.4, 0.5) is 18.9 Å². The SMILES string of the molecule is Nc1cc(C(=O)NC2CNC(=O)C2)ccc1OC(F)(F)F. The van der Waals surface area contributed by atoms with Gasteiger partial charge < -0.3 is 21.1 Å². The van der Waals surface area contributed by atoms with Gasteiger partial charge in [0.05, 0.1) is 11.7 Å². The average molecular weight is 303 g/mol. The molecule has 1 aromatic carbocycles. The highest BCUT2D eigenvalue weighted by molar-refractivity contribution is 5.96. The lowest BCUT2D eigenvalue weighted by Gasteiger charge is -2.13. The van der Waals surface area contributed by atoms with Gasteiger partial charge in [-0.25, -0.2) is 0 Å². The molecule has 0 radical (unpaired) electrons. The molecule has 1 aliphatic heterocycles. The lowest BCUT2D eigenvalue weighted by Crippen LogP contribution is -2.36. The van der Waals surface area contributed by atoms with Crippen molar-refractivity contribution in [2.24, 2.45) is 0 Å². The number of ether oxygens (including phenoxy) is 1. The molecule has 0 spiro atoms. The van der Waals surface area contributed by atoms with Crippen LogP contribution in [0.2, 0.25) is 0 Å². The van der Waals surface area contributed by atoms with Gasteiger partial charge in [-0.15, -0.1) is 13.2 Å². The number of rotatable bonds is 3. The summed E-state index contributed by atoms with van der Waals surface area (Å²) in [5, 5.41) is 5.13. The van der Waals surface area contributed by atoms with Gasteiger partial charge >= 0.3 is 6.36 Å². The van der Waals surface area contributed by atoms with Gasteiger partial charge in [-0.1, -0.05) is 0 Å². The number of hydrogen-bond donors (Lipinski definition) is 3. The fourth-order valence-corrected chi connectivity index (χ4v) is 1.88. The highest BCUT2D eigenvalue weighted by atomic mass is 19.4. The number of carbonyl (C=O) groups is 2. The van der Waals surface area contributed by atoms with Gasteiger partial charge in [0.15, 0.2) is 5.75 Å². The van der Waals surface area contributed by atoms with Crippen LogP contribution >= 0.6 is 0 Å². The van der Waals surface area contributed by atoms with Crippen LogP contribution in [0.15, 0.2) is 18.2 Å². The molecule has 1 aliphatic rings. The summed E-state index contributed by atoms with van der Waals surface area (Å²) in [6, 6.07) is 2.87. The topological polar surface area (TPSA) is 93.5 Å². The molecule has 4 N–H and O–H groups in total. The lowest BCUT2D eigenvalue weighted by atomic mass is 10.1. The zero-order chi connectivity index (χ0) is 15.6. The molecular formula is C12H12F3N3O3. The highest BCUT2D eigenvalue weighted by Gasteiger charge is 2.32. The Morgan fingerprint density at radius 3 is 2.67 bits per heavy atom. The normalized spacial score (nSPS) is 18.2. The Balaban J connectivity index is 2.05. The van der Waals surface area contributed by atoms with E-state index >= 15 is 0 Å². The van der Waals surface area contributed by atoms with E-state index in [-0.39, 0.29) is 29.6 Å². The molecule has 0 aromatic heterocycles. The van der Waals surface area contributed by atoms with Crippen LogP contribution < -0.4 is 21.1 Å². The first kappa shape index (κ1) is 14.9. The van der Waals surface area contributed by atoms with Gasteiger partial charge in [0, 0.05) is 18.5 Å². The van der Waals surface area contributed by atoms with Crippen molar-refractivity contribution in [2.75, 3.05) is 12.3 Å². The smallest absolute Gasteiger partial charge is 0.404 e. The third kappa shape index (κ3) is 4.01. The Kier molecular flexibility index (Phi) is 3.92. The first-order valence-electron chi connectivity index (χ1n) is 5.97. The van der Waals surface area contributed by atoms with Gasteiger partial charge in [0.2, 0.25) is 5.91 Å². The molecule has 1 saturated heterocycles. The number of nitrogens with one attached hydrogen (secondary N) is 2. The lowest BCUT2D eigenvalue weighted by molar-refractivity contribution is -0.274. The van der Waals surface area contributed by atoms with Crippen LogP contribution in [0.5, 0.6) is 5.75 Å². The summed E-state index contributed by atoms with van der Waals surface area (Å²) in [6.45, 7) is 0.315. The number of anilines is 1. The van der Waals surface area contributed by atoms with Crippen molar-refractivity contribution in [3.63, 3.8) is 0 Å². The number of amides is 2. The molecular weight excluding hydrogens is 291 g/mol. The molecule has 1 fully saturated rings. The number of nitrogens with two attached hydrogens (primary N) is 1. The van der Waals surface area contributed by atoms with Gasteiger partial charge in [0.25, 0.3) is 5.91 Å². The molecule has 0 saturated carbocycles. The van der Waals surface area contributed by atoms with E-state index in [1.54, 1.807) is 0 Å². The van der Waals surface area contributed by atoms with E-state index in [0.29, 0.717) is 6.54 Å². The summed E-state index contributed by atoms with van der Waals surface area (Å²) in [5.41, 5.74) is 5.20. The van der Waals surface area contributed by atoms with E-state index in [9.17, 15) is 22.8 Å². The predicted octanol–water partition coefficient (Wildman–Crippen LogP) is 0.786. The van der Waals surface area contributed by atoms with Gasteiger partial charge in [-0.05, 0) is 18.2 Å². The summed E-state index contributed by atoms with van der Waals surface area (Å²) < 4.78 is 40.0. The minimum atomic E-state index is -4.85. The van der Waals surface area contributed by atoms with Crippen molar-refractivity contribution in [3.05, 3.63) is 23.8 Å². The fourth-order valence-electron chi connectivity index (χ4n) is 1.88. The van der Waals surface area contributed by atoms with Crippen LogP contribution in [0.3, 0.4) is 0 Å². The zero-order valence-electron chi connectivity index (χ0n) is 10.7. The summed E-state index contributed by atoms with van der Waals surface area (Å²) in [5.74, 6) is -1.27. The number of hydrogen-bond acceptors (Lipinski definition) is 4. The first-order valence-corrected chi connectivity index (χ1v) is 5.97. The molecule has 1 aromatic rings. The fraction of sp³-hybridized carbons (Fsp3) is 0.333. The maximum Gasteiger partial charge on any atom is 0.573 e. The molecule has 6 nitrogen and oxygen atoms in total.